The van der Waals surface area contributed by atoms with Gasteiger partial charge in [-0.3, -0.25) is 0 Å². The van der Waals surface area contributed by atoms with Crippen LogP contribution in [-0.4, -0.2) is 5.78 Å². The van der Waals surface area contributed by atoms with Crippen molar-refractivity contribution >= 4 is 5.78 Å². The Kier molecular flexibility index (Phi) is 20.7. The lowest BCUT2D eigenvalue weighted by Gasteiger charge is -2.05. The first kappa shape index (κ1) is 25.7. The Hall–Kier alpha value is -0.330. The maximum Gasteiger partial charge on any atom is 0.129 e. The third-order valence-corrected chi connectivity index (χ3v) is 5.56. The van der Waals surface area contributed by atoms with Crippen molar-refractivity contribution in [3.8, 4) is 0 Å². The Labute approximate surface area is 166 Å². The summed E-state index contributed by atoms with van der Waals surface area (Å²) in [5.74, 6) is 1.24. The van der Waals surface area contributed by atoms with E-state index in [2.05, 4.69) is 13.8 Å². The highest BCUT2D eigenvalue weighted by atomic mass is 16.1. The van der Waals surface area contributed by atoms with Gasteiger partial charge in [0, 0.05) is 6.42 Å². The Bertz CT molecular complexity index is 282. The molecule has 0 spiro atoms. The Morgan fingerprint density at radius 3 is 1.04 bits per heavy atom. The van der Waals surface area contributed by atoms with E-state index in [0.29, 0.717) is 5.78 Å². The second kappa shape index (κ2) is 21.0. The van der Waals surface area contributed by atoms with Gasteiger partial charge < -0.3 is 4.79 Å². The van der Waals surface area contributed by atoms with Crippen molar-refractivity contribution in [2.45, 2.75) is 149 Å². The van der Waals surface area contributed by atoms with Crippen molar-refractivity contribution < 1.29 is 4.79 Å². The highest BCUT2D eigenvalue weighted by molar-refractivity contribution is 5.75. The summed E-state index contributed by atoms with van der Waals surface area (Å²) in [6, 6.07) is 0. The van der Waals surface area contributed by atoms with Crippen molar-refractivity contribution in [1.82, 2.24) is 0 Å². The molecule has 0 radical (unpaired) electrons. The normalized spacial score (nSPS) is 11.4. The van der Waals surface area contributed by atoms with E-state index in [0.717, 1.165) is 18.8 Å². The summed E-state index contributed by atoms with van der Waals surface area (Å²) >= 11 is 0. The summed E-state index contributed by atoms with van der Waals surface area (Å²) < 4.78 is 0. The number of hydrogen-bond donors (Lipinski definition) is 0. The van der Waals surface area contributed by atoms with Crippen LogP contribution >= 0.6 is 0 Å². The fourth-order valence-electron chi connectivity index (χ4n) is 3.75. The Morgan fingerprint density at radius 2 is 0.769 bits per heavy atom. The minimum absolute atomic E-state index is 0.349. The van der Waals surface area contributed by atoms with E-state index in [1.807, 2.05) is 0 Å². The number of hydrogen-bond acceptors (Lipinski definition) is 1. The summed E-state index contributed by atoms with van der Waals surface area (Å²) in [5, 5.41) is 0. The van der Waals surface area contributed by atoms with Crippen molar-refractivity contribution in [3.05, 3.63) is 0 Å². The van der Waals surface area contributed by atoms with Gasteiger partial charge in [0.2, 0.25) is 0 Å². The van der Waals surface area contributed by atoms with Gasteiger partial charge in [-0.1, -0.05) is 129 Å². The molecular formula is C25H50O. The highest BCUT2D eigenvalue weighted by Crippen LogP contribution is 2.15. The molecule has 0 aliphatic carbocycles. The number of rotatable bonds is 21. The van der Waals surface area contributed by atoms with Gasteiger partial charge in [0.1, 0.15) is 5.78 Å². The fourth-order valence-corrected chi connectivity index (χ4v) is 3.75. The van der Waals surface area contributed by atoms with Crippen LogP contribution < -0.4 is 0 Å². The SMILES string of the molecule is CC(=O)CCCCCCCCCCCCCCCCCCCCC(C)C. The van der Waals surface area contributed by atoms with Gasteiger partial charge >= 0.3 is 0 Å². The van der Waals surface area contributed by atoms with Crippen LogP contribution in [0.15, 0.2) is 0 Å². The van der Waals surface area contributed by atoms with Crippen molar-refractivity contribution in [1.29, 1.82) is 0 Å². The molecule has 0 aliphatic rings. The number of carbonyl (C=O) groups excluding carboxylic acids is 1. The molecule has 0 N–H and O–H groups in total. The minimum Gasteiger partial charge on any atom is -0.300 e. The molecule has 0 atom stereocenters. The fraction of sp³-hybridized carbons (Fsp3) is 0.960. The van der Waals surface area contributed by atoms with E-state index in [1.165, 1.54) is 116 Å². The molecule has 0 saturated carbocycles. The maximum absolute atomic E-state index is 10.8. The molecule has 0 aliphatic heterocycles. The zero-order valence-electron chi connectivity index (χ0n) is 18.6. The van der Waals surface area contributed by atoms with Crippen LogP contribution in [0.5, 0.6) is 0 Å². The van der Waals surface area contributed by atoms with Gasteiger partial charge in [-0.05, 0) is 19.3 Å². The molecule has 0 aromatic carbocycles. The van der Waals surface area contributed by atoms with Crippen LogP contribution in [0.4, 0.5) is 0 Å². The average Bonchev–Trinajstić information content (AvgIpc) is 2.59. The summed E-state index contributed by atoms with van der Waals surface area (Å²) in [7, 11) is 0. The number of unbranched alkanes of at least 4 members (excludes halogenated alkanes) is 17. The summed E-state index contributed by atoms with van der Waals surface area (Å²) in [4.78, 5) is 10.8. The first-order valence-electron chi connectivity index (χ1n) is 12.1. The van der Waals surface area contributed by atoms with Gasteiger partial charge in [0.05, 0.1) is 0 Å². The molecule has 0 heterocycles. The molecule has 0 bridgehead atoms. The standard InChI is InChI=1S/C25H50O/c1-24(2)22-20-18-16-14-12-10-8-6-4-5-7-9-11-13-15-17-19-21-23-25(3)26/h24H,4-23H2,1-3H3. The van der Waals surface area contributed by atoms with E-state index in [9.17, 15) is 4.79 Å². The molecule has 26 heavy (non-hydrogen) atoms. The predicted molar refractivity (Wildman–Crippen MR) is 118 cm³/mol. The highest BCUT2D eigenvalue weighted by Gasteiger charge is 1.97. The maximum atomic E-state index is 10.8. The molecule has 0 aromatic heterocycles. The van der Waals surface area contributed by atoms with E-state index in [4.69, 9.17) is 0 Å². The number of ketones is 1. The van der Waals surface area contributed by atoms with E-state index in [1.54, 1.807) is 6.92 Å². The zero-order valence-corrected chi connectivity index (χ0v) is 18.6. The van der Waals surface area contributed by atoms with Crippen LogP contribution in [0.1, 0.15) is 149 Å². The molecule has 0 unspecified atom stereocenters. The lowest BCUT2D eigenvalue weighted by Crippen LogP contribution is -1.89. The molecule has 1 heteroatoms. The first-order valence-corrected chi connectivity index (χ1v) is 12.1. The van der Waals surface area contributed by atoms with Gasteiger partial charge in [-0.15, -0.1) is 0 Å². The van der Waals surface area contributed by atoms with E-state index < -0.39 is 0 Å². The summed E-state index contributed by atoms with van der Waals surface area (Å²) in [5.41, 5.74) is 0. The lowest BCUT2D eigenvalue weighted by atomic mass is 10.0. The molecule has 0 rings (SSSR count). The van der Waals surface area contributed by atoms with Crippen LogP contribution in [0, 0.1) is 5.92 Å². The van der Waals surface area contributed by atoms with Crippen LogP contribution in [0.3, 0.4) is 0 Å². The first-order chi connectivity index (χ1) is 12.6. The Balaban J connectivity index is 3.00. The topological polar surface area (TPSA) is 17.1 Å². The largest absolute Gasteiger partial charge is 0.300 e. The monoisotopic (exact) mass is 366 g/mol. The van der Waals surface area contributed by atoms with E-state index >= 15 is 0 Å². The minimum atomic E-state index is 0.349. The number of Topliss-reactive ketones (excluding diaryl/α,β-unsaturated/α-hetero) is 1. The third-order valence-electron chi connectivity index (χ3n) is 5.56. The molecule has 0 amide bonds. The summed E-state index contributed by atoms with van der Waals surface area (Å²) in [6.07, 6.45) is 27.5. The van der Waals surface area contributed by atoms with Crippen LogP contribution in [0.2, 0.25) is 0 Å². The Morgan fingerprint density at radius 1 is 0.500 bits per heavy atom. The molecule has 156 valence electrons. The van der Waals surface area contributed by atoms with Gasteiger partial charge in [0.15, 0.2) is 0 Å². The van der Waals surface area contributed by atoms with Crippen molar-refractivity contribution in [3.63, 3.8) is 0 Å². The van der Waals surface area contributed by atoms with E-state index in [-0.39, 0.29) is 0 Å². The molecule has 0 saturated heterocycles. The van der Waals surface area contributed by atoms with Crippen LogP contribution in [-0.2, 0) is 4.79 Å². The molecular weight excluding hydrogens is 316 g/mol. The average molecular weight is 367 g/mol. The van der Waals surface area contributed by atoms with Gasteiger partial charge in [-0.2, -0.15) is 0 Å². The quantitative estimate of drug-likeness (QED) is 0.185. The third kappa shape index (κ3) is 23.7. The van der Waals surface area contributed by atoms with Crippen LogP contribution in [0.25, 0.3) is 0 Å². The zero-order chi connectivity index (χ0) is 19.3. The smallest absolute Gasteiger partial charge is 0.129 e. The second-order valence-electron chi connectivity index (χ2n) is 9.00. The lowest BCUT2D eigenvalue weighted by molar-refractivity contribution is -0.117. The predicted octanol–water partition coefficient (Wildman–Crippen LogP) is 9.03. The van der Waals surface area contributed by atoms with Gasteiger partial charge in [-0.25, -0.2) is 0 Å². The summed E-state index contributed by atoms with van der Waals surface area (Å²) in [6.45, 7) is 6.37. The van der Waals surface area contributed by atoms with Crippen molar-refractivity contribution in [2.75, 3.05) is 0 Å². The van der Waals surface area contributed by atoms with Crippen molar-refractivity contribution in [2.24, 2.45) is 5.92 Å². The second-order valence-corrected chi connectivity index (χ2v) is 9.00. The molecule has 1 nitrogen and oxygen atoms in total. The van der Waals surface area contributed by atoms with Gasteiger partial charge in [0.25, 0.3) is 0 Å². The molecule has 0 aromatic rings. The number of carbonyl (C=O) groups is 1. The molecule has 0 fully saturated rings.